The number of aliphatic imine (C=N–C) groups is 1. The Balaban J connectivity index is 1.95. The lowest BCUT2D eigenvalue weighted by Crippen LogP contribution is -2.41. The van der Waals surface area contributed by atoms with Gasteiger partial charge in [0.25, 0.3) is 0 Å². The summed E-state index contributed by atoms with van der Waals surface area (Å²) in [6, 6.07) is 7.03. The number of aldehydes is 1. The highest BCUT2D eigenvalue weighted by Crippen LogP contribution is 2.53. The fourth-order valence-corrected chi connectivity index (χ4v) is 6.05. The molecule has 0 amide bonds. The highest BCUT2D eigenvalue weighted by Gasteiger charge is 2.50. The van der Waals surface area contributed by atoms with E-state index in [1.165, 1.54) is 30.4 Å². The molecule has 0 bridgehead atoms. The van der Waals surface area contributed by atoms with Crippen LogP contribution in [0, 0.1) is 0 Å². The van der Waals surface area contributed by atoms with Crippen LogP contribution in [0.25, 0.3) is 0 Å². The Bertz CT molecular complexity index is 979. The summed E-state index contributed by atoms with van der Waals surface area (Å²) in [6.45, 7) is 7.95. The van der Waals surface area contributed by atoms with E-state index in [1.54, 1.807) is 0 Å². The van der Waals surface area contributed by atoms with E-state index in [1.807, 2.05) is 26.1 Å². The Morgan fingerprint density at radius 2 is 1.97 bits per heavy atom. The Kier molecular flexibility index (Phi) is 7.02. The molecule has 2 aliphatic heterocycles. The van der Waals surface area contributed by atoms with Crippen LogP contribution < -0.4 is 10.2 Å². The molecule has 2 heterocycles. The van der Waals surface area contributed by atoms with Gasteiger partial charge in [0.15, 0.2) is 6.29 Å². The second kappa shape index (κ2) is 9.76. The summed E-state index contributed by atoms with van der Waals surface area (Å²) in [6.07, 6.45) is 12.8. The molecule has 32 heavy (non-hydrogen) atoms. The predicted molar refractivity (Wildman–Crippen MR) is 135 cm³/mol. The first-order valence-electron chi connectivity index (χ1n) is 11.9. The minimum atomic E-state index is -0.108. The summed E-state index contributed by atoms with van der Waals surface area (Å²) >= 11 is 6.31. The molecule has 3 aliphatic rings. The van der Waals surface area contributed by atoms with Gasteiger partial charge in [-0.05, 0) is 74.9 Å². The molecule has 1 saturated heterocycles. The molecule has 5 heteroatoms. The molecule has 0 aromatic heterocycles. The molecule has 2 fully saturated rings. The standard InChI is InChI=1S/C27H34ClN3O/c1-4-8-24(22(18-32)19(2)28)31-25-17-21(20-11-15-30-16-12-20)9-10-23(25)27(26(31)29-3)13-6-5-7-14-27/h4,8-10,17-18,20,30H,2,5-7,11-16H2,1,3H3/b8-4-,24-22+,29-26?. The van der Waals surface area contributed by atoms with Gasteiger partial charge in [-0.1, -0.05) is 55.7 Å². The van der Waals surface area contributed by atoms with Crippen molar-refractivity contribution in [2.45, 2.75) is 63.2 Å². The van der Waals surface area contributed by atoms with Gasteiger partial charge in [-0.25, -0.2) is 0 Å². The molecule has 4 nitrogen and oxygen atoms in total. The van der Waals surface area contributed by atoms with Crippen LogP contribution in [0.1, 0.15) is 68.9 Å². The van der Waals surface area contributed by atoms with Gasteiger partial charge in [0, 0.05) is 12.1 Å². The van der Waals surface area contributed by atoms with Gasteiger partial charge < -0.3 is 5.32 Å². The average molecular weight is 452 g/mol. The van der Waals surface area contributed by atoms with Crippen LogP contribution >= 0.6 is 11.6 Å². The quantitative estimate of drug-likeness (QED) is 0.340. The number of amidine groups is 1. The first-order valence-corrected chi connectivity index (χ1v) is 12.2. The third-order valence-corrected chi connectivity index (χ3v) is 7.60. The van der Waals surface area contributed by atoms with Gasteiger partial charge in [-0.2, -0.15) is 0 Å². The van der Waals surface area contributed by atoms with Crippen LogP contribution in [0.4, 0.5) is 5.69 Å². The second-order valence-electron chi connectivity index (χ2n) is 9.15. The number of rotatable bonds is 5. The van der Waals surface area contributed by atoms with Crippen molar-refractivity contribution in [2.75, 3.05) is 25.0 Å². The van der Waals surface area contributed by atoms with Crippen molar-refractivity contribution in [1.29, 1.82) is 0 Å². The van der Waals surface area contributed by atoms with Crippen molar-refractivity contribution in [3.8, 4) is 0 Å². The third kappa shape index (κ3) is 3.88. The minimum absolute atomic E-state index is 0.108. The fourth-order valence-electron chi connectivity index (χ4n) is 5.91. The van der Waals surface area contributed by atoms with Gasteiger partial charge in [-0.15, -0.1) is 0 Å². The van der Waals surface area contributed by atoms with E-state index in [4.69, 9.17) is 16.6 Å². The molecule has 170 valence electrons. The van der Waals surface area contributed by atoms with Crippen LogP contribution in [-0.4, -0.2) is 32.3 Å². The van der Waals surface area contributed by atoms with Gasteiger partial charge in [0.05, 0.1) is 22.4 Å². The maximum Gasteiger partial charge on any atom is 0.153 e. The van der Waals surface area contributed by atoms with Gasteiger partial charge in [0.2, 0.25) is 0 Å². The molecule has 1 aromatic carbocycles. The van der Waals surface area contributed by atoms with Crippen molar-refractivity contribution < 1.29 is 4.79 Å². The molecule has 1 aliphatic carbocycles. The summed E-state index contributed by atoms with van der Waals surface area (Å²) < 4.78 is 0. The monoisotopic (exact) mass is 451 g/mol. The summed E-state index contributed by atoms with van der Waals surface area (Å²) in [5.74, 6) is 1.58. The van der Waals surface area contributed by atoms with E-state index in [-0.39, 0.29) is 10.4 Å². The van der Waals surface area contributed by atoms with E-state index >= 15 is 0 Å². The number of carbonyl (C=O) groups is 1. The summed E-state index contributed by atoms with van der Waals surface area (Å²) in [5, 5.41) is 3.72. The van der Waals surface area contributed by atoms with Crippen LogP contribution in [0.3, 0.4) is 0 Å². The van der Waals surface area contributed by atoms with E-state index in [9.17, 15) is 4.79 Å². The lowest BCUT2D eigenvalue weighted by molar-refractivity contribution is -0.104. The first kappa shape index (κ1) is 23.0. The number of halogens is 1. The Morgan fingerprint density at radius 3 is 2.56 bits per heavy atom. The summed E-state index contributed by atoms with van der Waals surface area (Å²) in [7, 11) is 1.88. The number of hydrogen-bond acceptors (Lipinski definition) is 3. The number of allylic oxidation sites excluding steroid dienone is 4. The van der Waals surface area contributed by atoms with Crippen molar-refractivity contribution >= 4 is 29.4 Å². The van der Waals surface area contributed by atoms with Crippen LogP contribution in [0.15, 0.2) is 58.2 Å². The van der Waals surface area contributed by atoms with Crippen molar-refractivity contribution in [3.05, 3.63) is 64.4 Å². The number of anilines is 1. The van der Waals surface area contributed by atoms with Gasteiger partial charge >= 0.3 is 0 Å². The molecular weight excluding hydrogens is 418 g/mol. The molecule has 0 unspecified atom stereocenters. The zero-order valence-corrected chi connectivity index (χ0v) is 20.0. The van der Waals surface area contributed by atoms with Crippen LogP contribution in [-0.2, 0) is 10.2 Å². The number of carbonyl (C=O) groups excluding carboxylic acids is 1. The van der Waals surface area contributed by atoms with E-state index < -0.39 is 0 Å². The third-order valence-electron chi connectivity index (χ3n) is 7.40. The number of nitrogens with zero attached hydrogens (tertiary/aromatic N) is 2. The maximum absolute atomic E-state index is 12.1. The topological polar surface area (TPSA) is 44.7 Å². The number of hydrogen-bond donors (Lipinski definition) is 1. The zero-order chi connectivity index (χ0) is 22.7. The number of fused-ring (bicyclic) bond motifs is 2. The van der Waals surface area contributed by atoms with Gasteiger partial charge in [-0.3, -0.25) is 14.7 Å². The minimum Gasteiger partial charge on any atom is -0.317 e. The Morgan fingerprint density at radius 1 is 1.25 bits per heavy atom. The lowest BCUT2D eigenvalue weighted by Gasteiger charge is -2.36. The molecule has 4 rings (SSSR count). The predicted octanol–water partition coefficient (Wildman–Crippen LogP) is 5.99. The smallest absolute Gasteiger partial charge is 0.153 e. The normalized spacial score (nSPS) is 23.0. The fraction of sp³-hybridized carbons (Fsp3) is 0.481. The van der Waals surface area contributed by atoms with Crippen LogP contribution in [0.5, 0.6) is 0 Å². The number of nitrogens with one attached hydrogen (secondary N) is 1. The largest absolute Gasteiger partial charge is 0.317 e. The van der Waals surface area contributed by atoms with E-state index in [0.717, 1.165) is 62.3 Å². The Hall–Kier alpha value is -2.17. The van der Waals surface area contributed by atoms with Crippen molar-refractivity contribution in [1.82, 2.24) is 5.32 Å². The highest BCUT2D eigenvalue weighted by molar-refractivity contribution is 6.34. The zero-order valence-electron chi connectivity index (χ0n) is 19.3. The lowest BCUT2D eigenvalue weighted by atomic mass is 9.69. The van der Waals surface area contributed by atoms with Crippen molar-refractivity contribution in [2.24, 2.45) is 4.99 Å². The molecule has 1 N–H and O–H groups in total. The van der Waals surface area contributed by atoms with E-state index in [2.05, 4.69) is 35.0 Å². The van der Waals surface area contributed by atoms with E-state index in [0.29, 0.717) is 11.5 Å². The molecule has 0 atom stereocenters. The highest BCUT2D eigenvalue weighted by atomic mass is 35.5. The van der Waals surface area contributed by atoms with Crippen LogP contribution in [0.2, 0.25) is 0 Å². The maximum atomic E-state index is 12.1. The van der Waals surface area contributed by atoms with Gasteiger partial charge in [0.1, 0.15) is 5.84 Å². The molecule has 1 saturated carbocycles. The molecule has 0 radical (unpaired) electrons. The Labute approximate surface area is 197 Å². The molecule has 1 spiro atoms. The first-order chi connectivity index (χ1) is 15.6. The average Bonchev–Trinajstić information content (AvgIpc) is 3.08. The molecular formula is C27H34ClN3O. The summed E-state index contributed by atoms with van der Waals surface area (Å²) in [4.78, 5) is 19.2. The molecule has 1 aromatic rings. The summed E-state index contributed by atoms with van der Waals surface area (Å²) in [5.41, 5.74) is 4.92. The number of benzene rings is 1. The second-order valence-corrected chi connectivity index (χ2v) is 9.60. The SMILES string of the molecule is C=C(Cl)/C(C=O)=C(\C=C/C)N1C(=NC)C2(CCCCC2)c2ccc(C3CCNCC3)cc21. The number of piperidine rings is 1. The van der Waals surface area contributed by atoms with Crippen molar-refractivity contribution in [3.63, 3.8) is 0 Å².